The van der Waals surface area contributed by atoms with Crippen LogP contribution in [0.4, 0.5) is 11.8 Å². The fraction of sp³-hybridized carbons (Fsp3) is 0.438. The van der Waals surface area contributed by atoms with Crippen molar-refractivity contribution in [1.29, 1.82) is 0 Å². The monoisotopic (exact) mass is 300 g/mol. The molecule has 2 aromatic rings. The first-order valence-electron chi connectivity index (χ1n) is 7.60. The van der Waals surface area contributed by atoms with Crippen molar-refractivity contribution in [3.8, 4) is 0 Å². The van der Waals surface area contributed by atoms with Crippen LogP contribution in [0, 0.1) is 0 Å². The van der Waals surface area contributed by atoms with Gasteiger partial charge in [0.1, 0.15) is 5.82 Å². The van der Waals surface area contributed by atoms with Gasteiger partial charge in [-0.2, -0.15) is 10.1 Å². The van der Waals surface area contributed by atoms with Gasteiger partial charge in [0.05, 0.1) is 6.20 Å². The Morgan fingerprint density at radius 2 is 1.86 bits per heavy atom. The predicted octanol–water partition coefficient (Wildman–Crippen LogP) is 1.89. The summed E-state index contributed by atoms with van der Waals surface area (Å²) in [5.41, 5.74) is 1.36. The van der Waals surface area contributed by atoms with E-state index in [-0.39, 0.29) is 0 Å². The molecule has 1 aromatic heterocycles. The molecular formula is C16H24N6. The summed E-state index contributed by atoms with van der Waals surface area (Å²) < 4.78 is 0. The molecular weight excluding hydrogens is 276 g/mol. The van der Waals surface area contributed by atoms with Crippen molar-refractivity contribution in [3.05, 3.63) is 42.1 Å². The van der Waals surface area contributed by atoms with Gasteiger partial charge in [0.25, 0.3) is 0 Å². The Morgan fingerprint density at radius 3 is 2.64 bits per heavy atom. The second kappa shape index (κ2) is 8.94. The van der Waals surface area contributed by atoms with Gasteiger partial charge in [0.2, 0.25) is 5.95 Å². The molecule has 22 heavy (non-hydrogen) atoms. The van der Waals surface area contributed by atoms with Crippen LogP contribution in [-0.2, 0) is 6.42 Å². The number of rotatable bonds is 9. The third-order valence-electron chi connectivity index (χ3n) is 3.19. The SMILES string of the molecule is CN(C)CCNc1nncc(NCCCc2ccccc2)n1. The molecule has 0 spiro atoms. The summed E-state index contributed by atoms with van der Waals surface area (Å²) in [4.78, 5) is 6.50. The summed E-state index contributed by atoms with van der Waals surface area (Å²) >= 11 is 0. The lowest BCUT2D eigenvalue weighted by Gasteiger charge is -2.10. The molecule has 0 saturated carbocycles. The van der Waals surface area contributed by atoms with E-state index in [4.69, 9.17) is 0 Å². The average molecular weight is 300 g/mol. The zero-order chi connectivity index (χ0) is 15.6. The van der Waals surface area contributed by atoms with Gasteiger partial charge in [-0.25, -0.2) is 0 Å². The number of nitrogens with one attached hydrogen (secondary N) is 2. The van der Waals surface area contributed by atoms with Gasteiger partial charge in [0, 0.05) is 19.6 Å². The van der Waals surface area contributed by atoms with E-state index >= 15 is 0 Å². The first-order valence-corrected chi connectivity index (χ1v) is 7.60. The zero-order valence-electron chi connectivity index (χ0n) is 13.3. The van der Waals surface area contributed by atoms with E-state index in [0.29, 0.717) is 5.95 Å². The van der Waals surface area contributed by atoms with E-state index in [0.717, 1.165) is 38.3 Å². The molecule has 0 radical (unpaired) electrons. The minimum Gasteiger partial charge on any atom is -0.369 e. The van der Waals surface area contributed by atoms with Crippen molar-refractivity contribution in [2.45, 2.75) is 12.8 Å². The Kier molecular flexibility index (Phi) is 6.57. The highest BCUT2D eigenvalue weighted by Gasteiger charge is 2.00. The van der Waals surface area contributed by atoms with Gasteiger partial charge in [-0.15, -0.1) is 5.10 Å². The molecule has 2 N–H and O–H groups in total. The number of hydrogen-bond donors (Lipinski definition) is 2. The molecule has 6 heteroatoms. The van der Waals surface area contributed by atoms with Crippen molar-refractivity contribution in [3.63, 3.8) is 0 Å². The number of likely N-dealkylation sites (N-methyl/N-ethyl adjacent to an activating group) is 1. The Bertz CT molecular complexity index is 543. The van der Waals surface area contributed by atoms with E-state index in [1.54, 1.807) is 6.20 Å². The van der Waals surface area contributed by atoms with E-state index in [1.165, 1.54) is 5.56 Å². The van der Waals surface area contributed by atoms with Crippen molar-refractivity contribution >= 4 is 11.8 Å². The van der Waals surface area contributed by atoms with Gasteiger partial charge in [0.15, 0.2) is 0 Å². The van der Waals surface area contributed by atoms with Gasteiger partial charge in [-0.3, -0.25) is 0 Å². The molecule has 6 nitrogen and oxygen atoms in total. The molecule has 1 aromatic carbocycles. The van der Waals surface area contributed by atoms with Crippen LogP contribution in [-0.4, -0.2) is 53.8 Å². The number of nitrogens with zero attached hydrogens (tertiary/aromatic N) is 4. The Morgan fingerprint density at radius 1 is 1.05 bits per heavy atom. The molecule has 0 saturated heterocycles. The fourth-order valence-electron chi connectivity index (χ4n) is 2.01. The molecule has 0 unspecified atom stereocenters. The largest absolute Gasteiger partial charge is 0.369 e. The smallest absolute Gasteiger partial charge is 0.244 e. The second-order valence-corrected chi connectivity index (χ2v) is 5.41. The molecule has 0 aliphatic carbocycles. The van der Waals surface area contributed by atoms with Crippen molar-refractivity contribution in [2.24, 2.45) is 0 Å². The standard InChI is InChI=1S/C16H24N6/c1-22(2)12-11-18-16-20-15(13-19-21-16)17-10-6-9-14-7-4-3-5-8-14/h3-5,7-8,13H,6,9-12H2,1-2H3,(H2,17,18,20,21). The molecule has 1 heterocycles. The lowest BCUT2D eigenvalue weighted by Crippen LogP contribution is -2.21. The third-order valence-corrected chi connectivity index (χ3v) is 3.19. The van der Waals surface area contributed by atoms with Crippen LogP contribution < -0.4 is 10.6 Å². The number of anilines is 2. The first kappa shape index (κ1) is 16.2. The van der Waals surface area contributed by atoms with E-state index in [1.807, 2.05) is 20.2 Å². The molecule has 0 bridgehead atoms. The lowest BCUT2D eigenvalue weighted by atomic mass is 10.1. The van der Waals surface area contributed by atoms with E-state index in [2.05, 4.69) is 55.0 Å². The van der Waals surface area contributed by atoms with Crippen LogP contribution in [0.2, 0.25) is 0 Å². The summed E-state index contributed by atoms with van der Waals surface area (Å²) in [6.45, 7) is 2.59. The van der Waals surface area contributed by atoms with Crippen LogP contribution in [0.5, 0.6) is 0 Å². The normalized spacial score (nSPS) is 10.7. The highest BCUT2D eigenvalue weighted by molar-refractivity contribution is 5.36. The summed E-state index contributed by atoms with van der Waals surface area (Å²) in [7, 11) is 4.07. The topological polar surface area (TPSA) is 66.0 Å². The van der Waals surface area contributed by atoms with Crippen LogP contribution in [0.15, 0.2) is 36.5 Å². The first-order chi connectivity index (χ1) is 10.7. The quantitative estimate of drug-likeness (QED) is 0.689. The maximum absolute atomic E-state index is 4.40. The fourth-order valence-corrected chi connectivity index (χ4v) is 2.01. The van der Waals surface area contributed by atoms with Crippen LogP contribution in [0.3, 0.4) is 0 Å². The van der Waals surface area contributed by atoms with Crippen molar-refractivity contribution in [2.75, 3.05) is 44.4 Å². The predicted molar refractivity (Wildman–Crippen MR) is 90.1 cm³/mol. The van der Waals surface area contributed by atoms with Crippen LogP contribution in [0.25, 0.3) is 0 Å². The summed E-state index contributed by atoms with van der Waals surface area (Å²) in [5.74, 6) is 1.32. The number of aromatic nitrogens is 3. The molecule has 0 fully saturated rings. The molecule has 0 aliphatic heterocycles. The molecule has 0 atom stereocenters. The average Bonchev–Trinajstić information content (AvgIpc) is 2.53. The highest BCUT2D eigenvalue weighted by atomic mass is 15.3. The molecule has 0 amide bonds. The van der Waals surface area contributed by atoms with Crippen LogP contribution in [0.1, 0.15) is 12.0 Å². The number of hydrogen-bond acceptors (Lipinski definition) is 6. The third kappa shape index (κ3) is 6.05. The zero-order valence-corrected chi connectivity index (χ0v) is 13.3. The summed E-state index contributed by atoms with van der Waals surface area (Å²) in [6.07, 6.45) is 3.76. The highest BCUT2D eigenvalue weighted by Crippen LogP contribution is 2.05. The van der Waals surface area contributed by atoms with Gasteiger partial charge >= 0.3 is 0 Å². The summed E-state index contributed by atoms with van der Waals surface area (Å²) in [5, 5.41) is 14.4. The van der Waals surface area contributed by atoms with Crippen molar-refractivity contribution in [1.82, 2.24) is 20.1 Å². The van der Waals surface area contributed by atoms with E-state index < -0.39 is 0 Å². The maximum Gasteiger partial charge on any atom is 0.244 e. The molecule has 0 aliphatic rings. The Balaban J connectivity index is 1.71. The molecule has 118 valence electrons. The second-order valence-electron chi connectivity index (χ2n) is 5.41. The van der Waals surface area contributed by atoms with E-state index in [9.17, 15) is 0 Å². The Hall–Kier alpha value is -2.21. The Labute approximate surface area is 132 Å². The van der Waals surface area contributed by atoms with Gasteiger partial charge < -0.3 is 15.5 Å². The maximum atomic E-state index is 4.40. The minimum absolute atomic E-state index is 0.565. The number of aryl methyl sites for hydroxylation is 1. The number of benzene rings is 1. The van der Waals surface area contributed by atoms with Gasteiger partial charge in [-0.05, 0) is 32.5 Å². The lowest BCUT2D eigenvalue weighted by molar-refractivity contribution is 0.425. The van der Waals surface area contributed by atoms with Crippen molar-refractivity contribution < 1.29 is 0 Å². The summed E-state index contributed by atoms with van der Waals surface area (Å²) in [6, 6.07) is 10.5. The minimum atomic E-state index is 0.565. The molecule has 2 rings (SSSR count). The van der Waals surface area contributed by atoms with Gasteiger partial charge in [-0.1, -0.05) is 30.3 Å². The van der Waals surface area contributed by atoms with Crippen LogP contribution >= 0.6 is 0 Å².